The second kappa shape index (κ2) is 10.2. The zero-order valence-electron chi connectivity index (χ0n) is 14.5. The first kappa shape index (κ1) is 19.5. The van der Waals surface area contributed by atoms with Crippen molar-refractivity contribution in [3.8, 4) is 0 Å². The van der Waals surface area contributed by atoms with E-state index < -0.39 is 5.97 Å². The SMILES string of the molecule is O=C(O)c1cnc(CN2CCC(Cc3ccccc3)CC2)cn1.O=CO. The molecular formula is C19H23N3O4. The van der Waals surface area contributed by atoms with Crippen molar-refractivity contribution in [2.75, 3.05) is 13.1 Å². The number of carbonyl (C=O) groups is 2. The van der Waals surface area contributed by atoms with E-state index >= 15 is 0 Å². The third kappa shape index (κ3) is 6.25. The minimum atomic E-state index is -1.04. The number of likely N-dealkylation sites (tertiary alicyclic amines) is 1. The van der Waals surface area contributed by atoms with Crippen LogP contribution < -0.4 is 0 Å². The zero-order valence-corrected chi connectivity index (χ0v) is 14.5. The number of aromatic nitrogens is 2. The molecule has 0 aliphatic carbocycles. The number of piperidine rings is 1. The van der Waals surface area contributed by atoms with Gasteiger partial charge in [-0.3, -0.25) is 14.7 Å². The van der Waals surface area contributed by atoms with Crippen molar-refractivity contribution >= 4 is 12.4 Å². The van der Waals surface area contributed by atoms with Crippen LogP contribution in [0, 0.1) is 5.92 Å². The monoisotopic (exact) mass is 357 g/mol. The number of aromatic carboxylic acids is 1. The fraction of sp³-hybridized carbons (Fsp3) is 0.368. The van der Waals surface area contributed by atoms with Crippen molar-refractivity contribution in [3.05, 3.63) is 59.7 Å². The van der Waals surface area contributed by atoms with Crippen LogP contribution in [0.1, 0.15) is 34.6 Å². The zero-order chi connectivity index (χ0) is 18.8. The van der Waals surface area contributed by atoms with E-state index in [-0.39, 0.29) is 12.2 Å². The van der Waals surface area contributed by atoms with Crippen LogP contribution in [-0.2, 0) is 17.8 Å². The van der Waals surface area contributed by atoms with Gasteiger partial charge in [-0.25, -0.2) is 9.78 Å². The van der Waals surface area contributed by atoms with E-state index in [1.807, 2.05) is 0 Å². The van der Waals surface area contributed by atoms with E-state index in [9.17, 15) is 4.79 Å². The predicted octanol–water partition coefficient (Wildman–Crippen LogP) is 2.33. The molecule has 7 nitrogen and oxygen atoms in total. The third-order valence-corrected chi connectivity index (χ3v) is 4.38. The Balaban J connectivity index is 0.000000758. The maximum absolute atomic E-state index is 10.8. The molecule has 1 aromatic heterocycles. The number of hydrogen-bond donors (Lipinski definition) is 2. The summed E-state index contributed by atoms with van der Waals surface area (Å²) in [6.07, 6.45) is 6.44. The summed E-state index contributed by atoms with van der Waals surface area (Å²) >= 11 is 0. The Kier molecular flexibility index (Phi) is 7.70. The van der Waals surface area contributed by atoms with Crippen LogP contribution in [0.25, 0.3) is 0 Å². The molecule has 138 valence electrons. The van der Waals surface area contributed by atoms with Crippen LogP contribution in [0.15, 0.2) is 42.7 Å². The summed E-state index contributed by atoms with van der Waals surface area (Å²) in [5, 5.41) is 15.7. The van der Waals surface area contributed by atoms with Crippen molar-refractivity contribution < 1.29 is 19.8 Å². The Hall–Kier alpha value is -2.80. The molecule has 0 amide bonds. The van der Waals surface area contributed by atoms with Gasteiger partial charge < -0.3 is 10.2 Å². The first-order valence-corrected chi connectivity index (χ1v) is 8.50. The highest BCUT2D eigenvalue weighted by molar-refractivity contribution is 5.84. The predicted molar refractivity (Wildman–Crippen MR) is 95.8 cm³/mol. The maximum atomic E-state index is 10.8. The number of benzene rings is 1. The van der Waals surface area contributed by atoms with Gasteiger partial charge in [0.15, 0.2) is 5.69 Å². The van der Waals surface area contributed by atoms with Gasteiger partial charge in [0.25, 0.3) is 6.47 Å². The lowest BCUT2D eigenvalue weighted by atomic mass is 9.90. The maximum Gasteiger partial charge on any atom is 0.356 e. The topological polar surface area (TPSA) is 104 Å². The molecule has 2 aromatic rings. The molecule has 7 heteroatoms. The fourth-order valence-corrected chi connectivity index (χ4v) is 3.07. The van der Waals surface area contributed by atoms with Crippen LogP contribution >= 0.6 is 0 Å². The summed E-state index contributed by atoms with van der Waals surface area (Å²) in [5.74, 6) is -0.292. The summed E-state index contributed by atoms with van der Waals surface area (Å²) in [7, 11) is 0. The van der Waals surface area contributed by atoms with E-state index in [1.54, 1.807) is 6.20 Å². The second-order valence-corrected chi connectivity index (χ2v) is 6.21. The minimum Gasteiger partial charge on any atom is -0.483 e. The first-order chi connectivity index (χ1) is 12.6. The van der Waals surface area contributed by atoms with Gasteiger partial charge in [-0.15, -0.1) is 0 Å². The molecule has 26 heavy (non-hydrogen) atoms. The van der Waals surface area contributed by atoms with Crippen molar-refractivity contribution in [2.24, 2.45) is 5.92 Å². The lowest BCUT2D eigenvalue weighted by molar-refractivity contribution is -0.122. The average molecular weight is 357 g/mol. The van der Waals surface area contributed by atoms with Gasteiger partial charge in [-0.05, 0) is 43.8 Å². The highest BCUT2D eigenvalue weighted by Crippen LogP contribution is 2.22. The fourth-order valence-electron chi connectivity index (χ4n) is 3.07. The van der Waals surface area contributed by atoms with Gasteiger partial charge in [0.05, 0.1) is 18.1 Å². The average Bonchev–Trinajstić information content (AvgIpc) is 2.65. The number of hydrogen-bond acceptors (Lipinski definition) is 5. The molecule has 1 aromatic carbocycles. The molecule has 1 fully saturated rings. The van der Waals surface area contributed by atoms with Gasteiger partial charge in [0, 0.05) is 6.54 Å². The molecule has 3 rings (SSSR count). The Morgan fingerprint density at radius 3 is 2.35 bits per heavy atom. The molecular weight excluding hydrogens is 334 g/mol. The van der Waals surface area contributed by atoms with Crippen molar-refractivity contribution in [2.45, 2.75) is 25.8 Å². The highest BCUT2D eigenvalue weighted by atomic mass is 16.4. The molecule has 1 saturated heterocycles. The molecule has 2 N–H and O–H groups in total. The van der Waals surface area contributed by atoms with Gasteiger partial charge in [0.1, 0.15) is 0 Å². The Morgan fingerprint density at radius 2 is 1.81 bits per heavy atom. The molecule has 0 unspecified atom stereocenters. The molecule has 1 aliphatic heterocycles. The number of carboxylic acid groups (broad SMARTS) is 2. The van der Waals surface area contributed by atoms with Crippen LogP contribution in [-0.4, -0.2) is 50.6 Å². The van der Waals surface area contributed by atoms with Gasteiger partial charge in [-0.2, -0.15) is 0 Å². The van der Waals surface area contributed by atoms with Crippen molar-refractivity contribution in [3.63, 3.8) is 0 Å². The van der Waals surface area contributed by atoms with Crippen molar-refractivity contribution in [1.29, 1.82) is 0 Å². The van der Waals surface area contributed by atoms with Gasteiger partial charge >= 0.3 is 5.97 Å². The number of rotatable bonds is 5. The summed E-state index contributed by atoms with van der Waals surface area (Å²) in [5.41, 5.74) is 2.24. The van der Waals surface area contributed by atoms with E-state index in [0.29, 0.717) is 0 Å². The Labute approximate surface area is 152 Å². The van der Waals surface area contributed by atoms with Crippen molar-refractivity contribution in [1.82, 2.24) is 14.9 Å². The standard InChI is InChI=1S/C18H21N3O2.CH2O2/c22-18(23)17-12-19-16(11-20-17)13-21-8-6-15(7-9-21)10-14-4-2-1-3-5-14;2-1-3/h1-5,11-12,15H,6-10,13H2,(H,22,23);1H,(H,2,3). The van der Waals surface area contributed by atoms with Gasteiger partial charge in [0.2, 0.25) is 0 Å². The second-order valence-electron chi connectivity index (χ2n) is 6.21. The van der Waals surface area contributed by atoms with Crippen LogP contribution in [0.5, 0.6) is 0 Å². The molecule has 0 bridgehead atoms. The Bertz CT molecular complexity index is 684. The third-order valence-electron chi connectivity index (χ3n) is 4.38. The summed E-state index contributed by atoms with van der Waals surface area (Å²) in [6, 6.07) is 10.7. The summed E-state index contributed by atoms with van der Waals surface area (Å²) in [6.45, 7) is 2.60. The Morgan fingerprint density at radius 1 is 1.15 bits per heavy atom. The first-order valence-electron chi connectivity index (χ1n) is 8.50. The highest BCUT2D eigenvalue weighted by Gasteiger charge is 2.20. The van der Waals surface area contributed by atoms with Crippen LogP contribution in [0.3, 0.4) is 0 Å². The lowest BCUT2D eigenvalue weighted by Gasteiger charge is -2.31. The molecule has 0 saturated carbocycles. The largest absolute Gasteiger partial charge is 0.483 e. The smallest absolute Gasteiger partial charge is 0.356 e. The van der Waals surface area contributed by atoms with Gasteiger partial charge in [-0.1, -0.05) is 30.3 Å². The quantitative estimate of drug-likeness (QED) is 0.792. The minimum absolute atomic E-state index is 0.00433. The summed E-state index contributed by atoms with van der Waals surface area (Å²) < 4.78 is 0. The van der Waals surface area contributed by atoms with E-state index in [0.717, 1.165) is 37.7 Å². The molecule has 0 spiro atoms. The van der Waals surface area contributed by atoms with Crippen LogP contribution in [0.4, 0.5) is 0 Å². The van der Waals surface area contributed by atoms with Crippen LogP contribution in [0.2, 0.25) is 0 Å². The molecule has 0 atom stereocenters. The number of carboxylic acids is 1. The van der Waals surface area contributed by atoms with E-state index in [4.69, 9.17) is 15.0 Å². The number of nitrogens with zero attached hydrogens (tertiary/aromatic N) is 3. The molecule has 0 radical (unpaired) electrons. The summed E-state index contributed by atoms with van der Waals surface area (Å²) in [4.78, 5) is 29.6. The molecule has 2 heterocycles. The molecule has 1 aliphatic rings. The normalized spacial score (nSPS) is 14.9. The van der Waals surface area contributed by atoms with E-state index in [1.165, 1.54) is 24.6 Å². The lowest BCUT2D eigenvalue weighted by Crippen LogP contribution is -2.34. The van der Waals surface area contributed by atoms with E-state index in [2.05, 4.69) is 45.2 Å².